The van der Waals surface area contributed by atoms with Crippen LogP contribution < -0.4 is 10.1 Å². The number of nitrogens with one attached hydrogen (secondary N) is 1. The van der Waals surface area contributed by atoms with Gasteiger partial charge in [-0.25, -0.2) is 4.98 Å². The number of methoxy groups -OCH3 is 1. The summed E-state index contributed by atoms with van der Waals surface area (Å²) in [7, 11) is 1.14. The van der Waals surface area contributed by atoms with Gasteiger partial charge in [-0.1, -0.05) is 42.5 Å². The van der Waals surface area contributed by atoms with Gasteiger partial charge in [0.15, 0.2) is 0 Å². The molecule has 0 amide bonds. The van der Waals surface area contributed by atoms with Gasteiger partial charge in [0, 0.05) is 44.1 Å². The van der Waals surface area contributed by atoms with E-state index in [0.29, 0.717) is 6.07 Å². The van der Waals surface area contributed by atoms with E-state index < -0.39 is 79.5 Å². The van der Waals surface area contributed by atoms with Gasteiger partial charge in [-0.05, 0) is 30.3 Å². The number of aliphatic hydroxyl groups is 1. The summed E-state index contributed by atoms with van der Waals surface area (Å²) in [6, 6.07) is 13.2. The number of pyridine rings is 1. The number of benzene rings is 4. The molecule has 1 aliphatic rings. The number of nitrogens with zero attached hydrogens (tertiary/aromatic N) is 1. The average molecular weight is 636 g/mol. The third-order valence-corrected chi connectivity index (χ3v) is 7.63. The lowest BCUT2D eigenvalue weighted by atomic mass is 9.77. The maximum atomic E-state index is 14.8. The van der Waals surface area contributed by atoms with Crippen molar-refractivity contribution in [2.75, 3.05) is 12.4 Å². The van der Waals surface area contributed by atoms with Crippen LogP contribution in [0.5, 0.6) is 5.75 Å². The van der Waals surface area contributed by atoms with E-state index in [1.807, 2.05) is 0 Å². The summed E-state index contributed by atoms with van der Waals surface area (Å²) < 4.78 is 134. The molecular formula is C31H17F9N2O3. The minimum atomic E-state index is -5.67. The molecule has 5 aromatic rings. The van der Waals surface area contributed by atoms with E-state index in [9.17, 15) is 49.4 Å². The van der Waals surface area contributed by atoms with Gasteiger partial charge < -0.3 is 15.2 Å². The fourth-order valence-corrected chi connectivity index (χ4v) is 5.59. The van der Waals surface area contributed by atoms with Crippen molar-refractivity contribution in [1.82, 2.24) is 4.98 Å². The van der Waals surface area contributed by atoms with Crippen molar-refractivity contribution in [3.05, 3.63) is 95.1 Å². The van der Waals surface area contributed by atoms with E-state index in [2.05, 4.69) is 10.3 Å². The van der Waals surface area contributed by atoms with Crippen LogP contribution >= 0.6 is 0 Å². The average Bonchev–Trinajstić information content (AvgIpc) is 2.98. The summed E-state index contributed by atoms with van der Waals surface area (Å²) >= 11 is 0. The smallest absolute Gasteiger partial charge is 0.454 e. The van der Waals surface area contributed by atoms with E-state index in [-0.39, 0.29) is 28.8 Å². The van der Waals surface area contributed by atoms with E-state index in [1.54, 1.807) is 6.07 Å². The lowest BCUT2D eigenvalue weighted by Crippen LogP contribution is -2.46. The summed E-state index contributed by atoms with van der Waals surface area (Å²) in [5.41, 5.74) is -10.5. The molecule has 232 valence electrons. The SMILES string of the molecule is COc1ccc2c(c1)C(O)(C(F)(F)F)c1cc(C(=O)C(F)(F)F)c3c(ccc4c(C(F)(F)F)cc(-c5ccccc5)nc43)c1N2. The summed E-state index contributed by atoms with van der Waals surface area (Å²) in [4.78, 5) is 17.1. The molecule has 0 spiro atoms. The Morgan fingerprint density at radius 1 is 0.844 bits per heavy atom. The summed E-state index contributed by atoms with van der Waals surface area (Å²) in [5.74, 6) is -2.78. The van der Waals surface area contributed by atoms with Crippen LogP contribution in [0.3, 0.4) is 0 Å². The molecule has 2 heterocycles. The minimum absolute atomic E-state index is 0.127. The predicted octanol–water partition coefficient (Wildman–Crippen LogP) is 8.68. The Morgan fingerprint density at radius 2 is 1.51 bits per heavy atom. The van der Waals surface area contributed by atoms with Crippen LogP contribution in [-0.2, 0) is 11.8 Å². The van der Waals surface area contributed by atoms with Crippen molar-refractivity contribution >= 4 is 38.8 Å². The van der Waals surface area contributed by atoms with Gasteiger partial charge >= 0.3 is 18.5 Å². The number of hydrogen-bond acceptors (Lipinski definition) is 5. The molecule has 0 saturated carbocycles. The van der Waals surface area contributed by atoms with Gasteiger partial charge in [0.2, 0.25) is 5.60 Å². The second-order valence-corrected chi connectivity index (χ2v) is 10.2. The van der Waals surface area contributed by atoms with Crippen molar-refractivity contribution in [2.24, 2.45) is 0 Å². The first-order chi connectivity index (χ1) is 21.0. The van der Waals surface area contributed by atoms with Crippen molar-refractivity contribution in [1.29, 1.82) is 0 Å². The van der Waals surface area contributed by atoms with Crippen molar-refractivity contribution < 1.29 is 54.2 Å². The van der Waals surface area contributed by atoms with Crippen molar-refractivity contribution in [2.45, 2.75) is 24.1 Å². The highest BCUT2D eigenvalue weighted by Crippen LogP contribution is 2.56. The van der Waals surface area contributed by atoms with E-state index in [0.717, 1.165) is 31.4 Å². The lowest BCUT2D eigenvalue weighted by molar-refractivity contribution is -0.248. The number of halogens is 9. The highest BCUT2D eigenvalue weighted by molar-refractivity contribution is 6.22. The number of Topliss-reactive ketones (excluding diaryl/α,β-unsaturated/α-hetero) is 1. The lowest BCUT2D eigenvalue weighted by Gasteiger charge is -2.39. The van der Waals surface area contributed by atoms with Gasteiger partial charge in [-0.3, -0.25) is 4.79 Å². The maximum Gasteiger partial charge on any atom is 0.454 e. The molecule has 5 nitrogen and oxygen atoms in total. The number of alkyl halides is 9. The molecule has 14 heteroatoms. The van der Waals surface area contributed by atoms with Gasteiger partial charge in [-0.15, -0.1) is 0 Å². The van der Waals surface area contributed by atoms with Gasteiger partial charge in [0.05, 0.1) is 29.6 Å². The van der Waals surface area contributed by atoms with E-state index in [4.69, 9.17) is 4.74 Å². The molecule has 0 fully saturated rings. The van der Waals surface area contributed by atoms with Crippen LogP contribution in [0.15, 0.2) is 72.8 Å². The summed E-state index contributed by atoms with van der Waals surface area (Å²) in [6.45, 7) is 0. The monoisotopic (exact) mass is 636 g/mol. The standard InChI is InChI=1S/C31H17F9N2O3/c1-45-15-7-10-22-20(11-15)28(44,31(38,39)40)21-12-18(27(43)30(35,36)37)24-17(25(21)41-22)9-8-16-19(29(32,33)34)13-23(42-26(16)24)14-5-3-2-4-6-14/h2-13,41,44H,1H3. The molecule has 0 bridgehead atoms. The predicted molar refractivity (Wildman–Crippen MR) is 145 cm³/mol. The second kappa shape index (κ2) is 9.83. The van der Waals surface area contributed by atoms with Gasteiger partial charge in [0.1, 0.15) is 5.75 Å². The first-order valence-electron chi connectivity index (χ1n) is 12.9. The molecule has 0 aliphatic carbocycles. The van der Waals surface area contributed by atoms with Crippen molar-refractivity contribution in [3.63, 3.8) is 0 Å². The third-order valence-electron chi connectivity index (χ3n) is 7.63. The first-order valence-corrected chi connectivity index (χ1v) is 12.9. The summed E-state index contributed by atoms with van der Waals surface area (Å²) in [6.07, 6.45) is -16.3. The Hall–Kier alpha value is -4.85. The number of carbonyl (C=O) groups is 1. The molecule has 1 unspecified atom stereocenters. The number of ketones is 1. The zero-order valence-electron chi connectivity index (χ0n) is 22.5. The van der Waals surface area contributed by atoms with Crippen LogP contribution in [0.1, 0.15) is 27.0 Å². The molecule has 2 N–H and O–H groups in total. The maximum absolute atomic E-state index is 14.8. The van der Waals surface area contributed by atoms with Gasteiger partial charge in [-0.2, -0.15) is 39.5 Å². The molecule has 1 aliphatic heterocycles. The van der Waals surface area contributed by atoms with Crippen LogP contribution in [0.4, 0.5) is 50.9 Å². The molecule has 1 aromatic heterocycles. The number of hydrogen-bond donors (Lipinski definition) is 2. The highest BCUT2D eigenvalue weighted by Gasteiger charge is 2.60. The molecular weight excluding hydrogens is 619 g/mol. The number of rotatable bonds is 3. The summed E-state index contributed by atoms with van der Waals surface area (Å²) in [5, 5.41) is 12.1. The Labute approximate surface area is 246 Å². The van der Waals surface area contributed by atoms with Crippen LogP contribution in [0.2, 0.25) is 0 Å². The zero-order chi connectivity index (χ0) is 32.7. The Balaban J connectivity index is 1.82. The van der Waals surface area contributed by atoms with Crippen LogP contribution in [-0.4, -0.2) is 35.3 Å². The molecule has 45 heavy (non-hydrogen) atoms. The highest BCUT2D eigenvalue weighted by atomic mass is 19.4. The molecule has 4 aromatic carbocycles. The number of anilines is 2. The molecule has 1 atom stereocenters. The normalized spacial score (nSPS) is 16.7. The zero-order valence-corrected chi connectivity index (χ0v) is 22.5. The fraction of sp³-hybridized carbons (Fsp3) is 0.161. The Kier molecular flexibility index (Phi) is 6.59. The first kappa shape index (κ1) is 30.2. The Bertz CT molecular complexity index is 2020. The quantitative estimate of drug-likeness (QED) is 0.118. The molecule has 0 radical (unpaired) electrons. The molecule has 6 rings (SSSR count). The van der Waals surface area contributed by atoms with E-state index in [1.165, 1.54) is 30.3 Å². The van der Waals surface area contributed by atoms with Gasteiger partial charge in [0.25, 0.3) is 5.78 Å². The number of aromatic nitrogens is 1. The van der Waals surface area contributed by atoms with Crippen LogP contribution in [0.25, 0.3) is 32.9 Å². The second-order valence-electron chi connectivity index (χ2n) is 10.2. The minimum Gasteiger partial charge on any atom is -0.497 e. The Morgan fingerprint density at radius 3 is 2.11 bits per heavy atom. The number of carbonyl (C=O) groups excluding carboxylic acids is 1. The third kappa shape index (κ3) is 4.62. The fourth-order valence-electron chi connectivity index (χ4n) is 5.59. The van der Waals surface area contributed by atoms with Crippen molar-refractivity contribution in [3.8, 4) is 17.0 Å². The number of fused-ring (bicyclic) bond motifs is 6. The largest absolute Gasteiger partial charge is 0.497 e. The number of ether oxygens (including phenoxy) is 1. The molecule has 0 saturated heterocycles. The van der Waals surface area contributed by atoms with E-state index >= 15 is 0 Å². The topological polar surface area (TPSA) is 71.5 Å². The van der Waals surface area contributed by atoms with Crippen LogP contribution in [0, 0.1) is 0 Å².